The topological polar surface area (TPSA) is 67.4 Å². The molecule has 230 valence electrons. The predicted octanol–water partition coefficient (Wildman–Crippen LogP) is 9.26. The molecule has 4 aromatic carbocycles. The van der Waals surface area contributed by atoms with Gasteiger partial charge in [-0.1, -0.05) is 47.5 Å². The summed E-state index contributed by atoms with van der Waals surface area (Å²) in [6, 6.07) is 19.5. The van der Waals surface area contributed by atoms with Crippen molar-refractivity contribution in [1.82, 2.24) is 5.32 Å². The molecule has 5 nitrogen and oxygen atoms in total. The largest absolute Gasteiger partial charge is 0.466 e. The van der Waals surface area contributed by atoms with Crippen molar-refractivity contribution in [2.75, 3.05) is 18.5 Å². The second-order valence-electron chi connectivity index (χ2n) is 10.2. The number of hydrogen-bond donors (Lipinski definition) is 2. The summed E-state index contributed by atoms with van der Waals surface area (Å²) >= 11 is 12.7. The Kier molecular flexibility index (Phi) is 10.6. The van der Waals surface area contributed by atoms with E-state index in [0.29, 0.717) is 43.5 Å². The van der Waals surface area contributed by atoms with E-state index in [2.05, 4.69) is 10.6 Å². The lowest BCUT2D eigenvalue weighted by atomic mass is 9.92. The van der Waals surface area contributed by atoms with Crippen LogP contribution in [-0.4, -0.2) is 25.0 Å². The number of aryl methyl sites for hydroxylation is 2. The van der Waals surface area contributed by atoms with Gasteiger partial charge in [-0.2, -0.15) is 13.2 Å². The fourth-order valence-corrected chi connectivity index (χ4v) is 5.36. The Morgan fingerprint density at radius 1 is 0.818 bits per heavy atom. The van der Waals surface area contributed by atoms with Crippen LogP contribution in [0.25, 0.3) is 22.3 Å². The molecule has 0 saturated heterocycles. The smallest absolute Gasteiger partial charge is 0.416 e. The summed E-state index contributed by atoms with van der Waals surface area (Å²) in [5, 5.41) is 7.08. The Morgan fingerprint density at radius 3 is 2.16 bits per heavy atom. The summed E-state index contributed by atoms with van der Waals surface area (Å²) in [4.78, 5) is 24.2. The molecule has 44 heavy (non-hydrogen) atoms. The highest BCUT2D eigenvalue weighted by Gasteiger charge is 2.31. The first-order valence-corrected chi connectivity index (χ1v) is 14.7. The maximum absolute atomic E-state index is 13.7. The number of rotatable bonds is 10. The number of alkyl halides is 3. The third kappa shape index (κ3) is 8.12. The van der Waals surface area contributed by atoms with Crippen LogP contribution in [0.2, 0.25) is 10.0 Å². The van der Waals surface area contributed by atoms with Crippen LogP contribution in [0.1, 0.15) is 46.0 Å². The normalized spacial score (nSPS) is 11.3. The van der Waals surface area contributed by atoms with Crippen LogP contribution in [0, 0.1) is 13.8 Å². The van der Waals surface area contributed by atoms with Gasteiger partial charge in [0.2, 0.25) is 0 Å². The molecule has 0 aromatic heterocycles. The molecule has 0 unspecified atom stereocenters. The molecule has 0 fully saturated rings. The van der Waals surface area contributed by atoms with Gasteiger partial charge in [0.25, 0.3) is 5.91 Å². The van der Waals surface area contributed by atoms with E-state index < -0.39 is 23.6 Å². The highest BCUT2D eigenvalue weighted by atomic mass is 35.5. The molecule has 0 aliphatic rings. The first kappa shape index (κ1) is 32.9. The Morgan fingerprint density at radius 2 is 1.50 bits per heavy atom. The first-order valence-electron chi connectivity index (χ1n) is 13.9. The number of anilines is 1. The standard InChI is InChI=1S/C34H31Cl2F3N2O3/c1-4-44-32(42)13-14-40-33(43)22-6-10-28(20(2)15-22)30-17-24(34(37,38)39)7-5-23(30)19-41-26-9-12-29(31(36)18-26)27-11-8-25(35)16-21(27)3/h5-12,15-18,41H,4,13-14,19H2,1-3H3,(H,40,43). The number of ether oxygens (including phenoxy) is 1. The second-order valence-corrected chi connectivity index (χ2v) is 11.1. The number of carbonyl (C=O) groups excluding carboxylic acids is 2. The van der Waals surface area contributed by atoms with Crippen molar-refractivity contribution in [3.63, 3.8) is 0 Å². The minimum atomic E-state index is -4.53. The number of esters is 1. The zero-order valence-electron chi connectivity index (χ0n) is 24.4. The Balaban J connectivity index is 1.57. The molecule has 0 saturated carbocycles. The highest BCUT2D eigenvalue weighted by Crippen LogP contribution is 2.37. The molecule has 0 heterocycles. The summed E-state index contributed by atoms with van der Waals surface area (Å²) in [5.74, 6) is -0.816. The third-order valence-electron chi connectivity index (χ3n) is 7.07. The van der Waals surface area contributed by atoms with E-state index in [1.807, 2.05) is 31.2 Å². The van der Waals surface area contributed by atoms with Gasteiger partial charge in [-0.15, -0.1) is 0 Å². The van der Waals surface area contributed by atoms with Crippen molar-refractivity contribution >= 4 is 40.8 Å². The fourth-order valence-electron chi connectivity index (χ4n) is 4.85. The predicted molar refractivity (Wildman–Crippen MR) is 169 cm³/mol. The number of hydrogen-bond acceptors (Lipinski definition) is 4. The van der Waals surface area contributed by atoms with E-state index in [-0.39, 0.29) is 26.1 Å². The van der Waals surface area contributed by atoms with Gasteiger partial charge in [0, 0.05) is 34.9 Å². The number of nitrogens with one attached hydrogen (secondary N) is 2. The molecule has 1 amide bonds. The number of benzene rings is 4. The molecule has 4 aromatic rings. The number of amides is 1. The first-order chi connectivity index (χ1) is 20.9. The lowest BCUT2D eigenvalue weighted by Crippen LogP contribution is -2.26. The molecule has 10 heteroatoms. The average molecular weight is 644 g/mol. The summed E-state index contributed by atoms with van der Waals surface area (Å²) in [6.45, 7) is 5.96. The van der Waals surface area contributed by atoms with E-state index in [4.69, 9.17) is 27.9 Å². The summed E-state index contributed by atoms with van der Waals surface area (Å²) in [6.07, 6.45) is -4.50. The third-order valence-corrected chi connectivity index (χ3v) is 7.61. The molecule has 0 aliphatic heterocycles. The lowest BCUT2D eigenvalue weighted by Gasteiger charge is -2.18. The maximum atomic E-state index is 13.7. The van der Waals surface area contributed by atoms with E-state index in [9.17, 15) is 22.8 Å². The Bertz CT molecular complexity index is 1690. The zero-order chi connectivity index (χ0) is 32.0. The van der Waals surface area contributed by atoms with Crippen molar-refractivity contribution in [3.05, 3.63) is 111 Å². The van der Waals surface area contributed by atoms with Gasteiger partial charge in [-0.3, -0.25) is 9.59 Å². The van der Waals surface area contributed by atoms with Crippen LogP contribution in [0.5, 0.6) is 0 Å². The van der Waals surface area contributed by atoms with Crippen molar-refractivity contribution in [2.45, 2.75) is 39.9 Å². The zero-order valence-corrected chi connectivity index (χ0v) is 25.9. The summed E-state index contributed by atoms with van der Waals surface area (Å²) < 4.78 is 46.0. The van der Waals surface area contributed by atoms with E-state index in [0.717, 1.165) is 28.8 Å². The molecule has 0 aliphatic carbocycles. The fraction of sp³-hybridized carbons (Fsp3) is 0.235. The van der Waals surface area contributed by atoms with E-state index in [1.54, 1.807) is 44.2 Å². The molecule has 0 radical (unpaired) electrons. The van der Waals surface area contributed by atoms with Crippen molar-refractivity contribution in [2.24, 2.45) is 0 Å². The molecule has 0 spiro atoms. The molecule has 2 N–H and O–H groups in total. The molecule has 0 bridgehead atoms. The Labute approximate surface area is 264 Å². The molecular formula is C34H31Cl2F3N2O3. The van der Waals surface area contributed by atoms with Gasteiger partial charge < -0.3 is 15.4 Å². The Hall–Kier alpha value is -4.01. The minimum absolute atomic E-state index is 0.0337. The van der Waals surface area contributed by atoms with Gasteiger partial charge in [0.05, 0.1) is 23.6 Å². The van der Waals surface area contributed by atoms with Crippen LogP contribution in [0.15, 0.2) is 72.8 Å². The summed E-state index contributed by atoms with van der Waals surface area (Å²) in [5.41, 5.74) is 5.20. The minimum Gasteiger partial charge on any atom is -0.466 e. The summed E-state index contributed by atoms with van der Waals surface area (Å²) in [7, 11) is 0. The monoisotopic (exact) mass is 642 g/mol. The average Bonchev–Trinajstić information content (AvgIpc) is 2.96. The van der Waals surface area contributed by atoms with Crippen molar-refractivity contribution in [3.8, 4) is 22.3 Å². The van der Waals surface area contributed by atoms with Gasteiger partial charge in [0.15, 0.2) is 0 Å². The SMILES string of the molecule is CCOC(=O)CCNC(=O)c1ccc(-c2cc(C(F)(F)F)ccc2CNc2ccc(-c3ccc(Cl)cc3C)c(Cl)c2)c(C)c1. The van der Waals surface area contributed by atoms with E-state index in [1.165, 1.54) is 6.07 Å². The van der Waals surface area contributed by atoms with E-state index >= 15 is 0 Å². The molecular weight excluding hydrogens is 612 g/mol. The lowest BCUT2D eigenvalue weighted by molar-refractivity contribution is -0.143. The quantitative estimate of drug-likeness (QED) is 0.169. The van der Waals surface area contributed by atoms with Gasteiger partial charge >= 0.3 is 12.1 Å². The van der Waals surface area contributed by atoms with Crippen LogP contribution >= 0.6 is 23.2 Å². The number of halogens is 5. The van der Waals surface area contributed by atoms with Crippen LogP contribution in [-0.2, 0) is 22.3 Å². The van der Waals surface area contributed by atoms with Crippen molar-refractivity contribution < 1.29 is 27.5 Å². The van der Waals surface area contributed by atoms with Crippen molar-refractivity contribution in [1.29, 1.82) is 0 Å². The van der Waals surface area contributed by atoms with Gasteiger partial charge in [-0.05, 0) is 103 Å². The molecule has 4 rings (SSSR count). The number of carbonyl (C=O) groups is 2. The van der Waals surface area contributed by atoms with Crippen LogP contribution in [0.3, 0.4) is 0 Å². The van der Waals surface area contributed by atoms with Gasteiger partial charge in [0.1, 0.15) is 0 Å². The molecule has 0 atom stereocenters. The van der Waals surface area contributed by atoms with Crippen LogP contribution in [0.4, 0.5) is 18.9 Å². The second kappa shape index (κ2) is 14.2. The van der Waals surface area contributed by atoms with Crippen LogP contribution < -0.4 is 10.6 Å². The maximum Gasteiger partial charge on any atom is 0.416 e. The highest BCUT2D eigenvalue weighted by molar-refractivity contribution is 6.34. The van der Waals surface area contributed by atoms with Gasteiger partial charge in [-0.25, -0.2) is 0 Å².